The summed E-state index contributed by atoms with van der Waals surface area (Å²) in [5.41, 5.74) is 5.03. The molecule has 0 saturated heterocycles. The van der Waals surface area contributed by atoms with Gasteiger partial charge in [0, 0.05) is 11.6 Å². The minimum Gasteiger partial charge on any atom is -0.489 e. The molecule has 0 aliphatic heterocycles. The summed E-state index contributed by atoms with van der Waals surface area (Å²) in [5, 5.41) is 17.8. The molecule has 0 radical (unpaired) electrons. The Balaban J connectivity index is 1.57. The van der Waals surface area contributed by atoms with Crippen LogP contribution < -0.4 is 15.2 Å². The van der Waals surface area contributed by atoms with E-state index in [-0.39, 0.29) is 28.7 Å². The van der Waals surface area contributed by atoms with Crippen molar-refractivity contribution in [3.8, 4) is 27.8 Å². The fraction of sp³-hybridized carbons (Fsp3) is 0.200. The number of alkyl halides is 3. The average Bonchev–Trinajstić information content (AvgIpc) is 3.35. The maximum Gasteiger partial charge on any atom is 0.420 e. The quantitative estimate of drug-likeness (QED) is 0.319. The summed E-state index contributed by atoms with van der Waals surface area (Å²) in [7, 11) is 0. The van der Waals surface area contributed by atoms with Gasteiger partial charge in [-0.1, -0.05) is 47.7 Å². The Morgan fingerprint density at radius 3 is 2.40 bits per heavy atom. The van der Waals surface area contributed by atoms with Gasteiger partial charge in [-0.2, -0.15) is 13.2 Å². The smallest absolute Gasteiger partial charge is 0.420 e. The third-order valence-corrected chi connectivity index (χ3v) is 6.31. The number of benzene rings is 3. The lowest BCUT2D eigenvalue weighted by Crippen LogP contribution is -2.36. The van der Waals surface area contributed by atoms with Gasteiger partial charge in [0.25, 0.3) is 0 Å². The molecule has 0 spiro atoms. The minimum atomic E-state index is -4.67. The fourth-order valence-electron chi connectivity index (χ4n) is 3.11. The molecule has 4 rings (SSSR count). The van der Waals surface area contributed by atoms with Gasteiger partial charge in [0.15, 0.2) is 0 Å². The van der Waals surface area contributed by atoms with Crippen LogP contribution in [0.4, 0.5) is 13.2 Å². The van der Waals surface area contributed by atoms with Crippen molar-refractivity contribution in [3.05, 3.63) is 88.9 Å². The molecule has 1 aromatic heterocycles. The van der Waals surface area contributed by atoms with Crippen molar-refractivity contribution in [1.82, 2.24) is 10.2 Å². The molecule has 1 atom stereocenters. The second-order valence-electron chi connectivity index (χ2n) is 8.05. The predicted molar refractivity (Wildman–Crippen MR) is 126 cm³/mol. The maximum atomic E-state index is 13.9. The van der Waals surface area contributed by atoms with Crippen molar-refractivity contribution in [2.45, 2.75) is 25.2 Å². The van der Waals surface area contributed by atoms with Crippen molar-refractivity contribution >= 4 is 11.3 Å². The second kappa shape index (κ2) is 10.0. The predicted octanol–water partition coefficient (Wildman–Crippen LogP) is 5.76. The Labute approximate surface area is 203 Å². The van der Waals surface area contributed by atoms with E-state index in [2.05, 4.69) is 10.2 Å². The van der Waals surface area contributed by atoms with Crippen LogP contribution >= 0.6 is 11.3 Å². The molecule has 0 aliphatic carbocycles. The number of hydrogen-bond donors (Lipinski definition) is 2. The highest BCUT2D eigenvalue weighted by molar-refractivity contribution is 7.14. The highest BCUT2D eigenvalue weighted by Gasteiger charge is 2.35. The summed E-state index contributed by atoms with van der Waals surface area (Å²) in [6, 6.07) is 19.6. The van der Waals surface area contributed by atoms with E-state index >= 15 is 0 Å². The molecule has 35 heavy (non-hydrogen) atoms. The Kier molecular flexibility index (Phi) is 7.06. The molecular formula is C25H22F3N3O3S. The minimum absolute atomic E-state index is 0.203. The van der Waals surface area contributed by atoms with Crippen LogP contribution in [0.25, 0.3) is 10.6 Å². The normalized spacial score (nSPS) is 13.3. The van der Waals surface area contributed by atoms with E-state index in [4.69, 9.17) is 15.2 Å². The number of halogens is 3. The van der Waals surface area contributed by atoms with Gasteiger partial charge in [-0.05, 0) is 42.8 Å². The van der Waals surface area contributed by atoms with Crippen LogP contribution in [0.5, 0.6) is 17.2 Å². The van der Waals surface area contributed by atoms with Gasteiger partial charge in [-0.25, -0.2) is 0 Å². The van der Waals surface area contributed by atoms with E-state index < -0.39 is 17.3 Å². The third kappa shape index (κ3) is 5.97. The SMILES string of the molecule is C[C@](N)(CO)c1nnc(-c2ccc(Oc3cccc(OCc4ccccc4)c3)c(C(F)(F)F)c2)s1. The van der Waals surface area contributed by atoms with E-state index in [0.29, 0.717) is 17.4 Å². The highest BCUT2D eigenvalue weighted by atomic mass is 32.1. The van der Waals surface area contributed by atoms with Gasteiger partial charge >= 0.3 is 6.18 Å². The summed E-state index contributed by atoms with van der Waals surface area (Å²) < 4.78 is 53.0. The lowest BCUT2D eigenvalue weighted by atomic mass is 10.1. The van der Waals surface area contributed by atoms with Crippen molar-refractivity contribution in [3.63, 3.8) is 0 Å². The van der Waals surface area contributed by atoms with Crippen LogP contribution in [0.2, 0.25) is 0 Å². The van der Waals surface area contributed by atoms with Gasteiger partial charge in [0.1, 0.15) is 33.9 Å². The lowest BCUT2D eigenvalue weighted by molar-refractivity contribution is -0.138. The molecule has 10 heteroatoms. The Bertz CT molecular complexity index is 1290. The van der Waals surface area contributed by atoms with E-state index in [1.807, 2.05) is 30.3 Å². The average molecular weight is 502 g/mol. The Hall–Kier alpha value is -3.47. The summed E-state index contributed by atoms with van der Waals surface area (Å²) >= 11 is 1.02. The van der Waals surface area contributed by atoms with Crippen molar-refractivity contribution in [2.24, 2.45) is 5.73 Å². The largest absolute Gasteiger partial charge is 0.489 e. The van der Waals surface area contributed by atoms with Gasteiger partial charge in [-0.3, -0.25) is 0 Å². The molecular weight excluding hydrogens is 479 g/mol. The summed E-state index contributed by atoms with van der Waals surface area (Å²) in [5.74, 6) is 0.311. The van der Waals surface area contributed by atoms with Gasteiger partial charge < -0.3 is 20.3 Å². The van der Waals surface area contributed by atoms with Gasteiger partial charge in [-0.15, -0.1) is 10.2 Å². The highest BCUT2D eigenvalue weighted by Crippen LogP contribution is 2.41. The molecule has 4 aromatic rings. The van der Waals surface area contributed by atoms with Crippen molar-refractivity contribution in [1.29, 1.82) is 0 Å². The molecule has 1 heterocycles. The number of hydrogen-bond acceptors (Lipinski definition) is 7. The summed E-state index contributed by atoms with van der Waals surface area (Å²) in [4.78, 5) is 0. The third-order valence-electron chi connectivity index (χ3n) is 5.06. The lowest BCUT2D eigenvalue weighted by Gasteiger charge is -2.17. The maximum absolute atomic E-state index is 13.9. The first-order valence-corrected chi connectivity index (χ1v) is 11.4. The first kappa shape index (κ1) is 24.6. The number of nitrogens with zero attached hydrogens (tertiary/aromatic N) is 2. The number of aliphatic hydroxyl groups excluding tert-OH is 1. The standard InChI is InChI=1S/C25H22F3N3O3S/c1-24(29,15-32)23-31-30-22(35-23)17-10-11-21(20(12-17)25(26,27)28)34-19-9-5-8-18(13-19)33-14-16-6-3-2-4-7-16/h2-13,32H,14-15,29H2,1H3/t24-/m0/s1. The van der Waals surface area contributed by atoms with Crippen LogP contribution in [0.1, 0.15) is 23.1 Å². The van der Waals surface area contributed by atoms with E-state index in [1.165, 1.54) is 18.2 Å². The van der Waals surface area contributed by atoms with Crippen molar-refractivity contribution in [2.75, 3.05) is 6.61 Å². The molecule has 6 nitrogen and oxygen atoms in total. The van der Waals surface area contributed by atoms with Crippen LogP contribution in [0.3, 0.4) is 0 Å². The molecule has 0 aliphatic rings. The number of aromatic nitrogens is 2. The Morgan fingerprint density at radius 1 is 0.943 bits per heavy atom. The van der Waals surface area contributed by atoms with Crippen LogP contribution in [-0.2, 0) is 18.3 Å². The van der Waals surface area contributed by atoms with Gasteiger partial charge in [0.05, 0.1) is 17.7 Å². The van der Waals surface area contributed by atoms with Crippen LogP contribution in [-0.4, -0.2) is 21.9 Å². The summed E-state index contributed by atoms with van der Waals surface area (Å²) in [6.45, 7) is 1.50. The fourth-order valence-corrected chi connectivity index (χ4v) is 4.00. The molecule has 3 N–H and O–H groups in total. The zero-order chi connectivity index (χ0) is 25.1. The van der Waals surface area contributed by atoms with Gasteiger partial charge in [0.2, 0.25) is 0 Å². The molecule has 0 fully saturated rings. The molecule has 182 valence electrons. The number of aliphatic hydroxyl groups is 1. The summed E-state index contributed by atoms with van der Waals surface area (Å²) in [6.07, 6.45) is -4.67. The van der Waals surface area contributed by atoms with E-state index in [9.17, 15) is 18.3 Å². The number of rotatable bonds is 8. The number of ether oxygens (including phenoxy) is 2. The molecule has 0 saturated carbocycles. The van der Waals surface area contributed by atoms with E-state index in [0.717, 1.165) is 23.0 Å². The van der Waals surface area contributed by atoms with Crippen LogP contribution in [0.15, 0.2) is 72.8 Å². The van der Waals surface area contributed by atoms with Crippen LogP contribution in [0, 0.1) is 0 Å². The molecule has 0 bridgehead atoms. The van der Waals surface area contributed by atoms with Crippen molar-refractivity contribution < 1.29 is 27.8 Å². The monoisotopic (exact) mass is 501 g/mol. The second-order valence-corrected chi connectivity index (χ2v) is 9.03. The molecule has 3 aromatic carbocycles. The molecule has 0 unspecified atom stereocenters. The molecule has 0 amide bonds. The zero-order valence-corrected chi connectivity index (χ0v) is 19.4. The number of nitrogens with two attached hydrogens (primary N) is 1. The van der Waals surface area contributed by atoms with E-state index in [1.54, 1.807) is 25.1 Å². The Morgan fingerprint density at radius 2 is 1.69 bits per heavy atom. The first-order chi connectivity index (χ1) is 16.7. The first-order valence-electron chi connectivity index (χ1n) is 10.6. The zero-order valence-electron chi connectivity index (χ0n) is 18.6. The topological polar surface area (TPSA) is 90.5 Å².